The van der Waals surface area contributed by atoms with Gasteiger partial charge in [0.1, 0.15) is 5.82 Å². The molecule has 0 amide bonds. The van der Waals surface area contributed by atoms with Gasteiger partial charge in [0, 0.05) is 6.92 Å². The van der Waals surface area contributed by atoms with E-state index in [1.54, 1.807) is 6.07 Å². The molecule has 0 nitrogen and oxygen atoms in total. The lowest BCUT2D eigenvalue weighted by molar-refractivity contribution is 0.0136. The fourth-order valence-corrected chi connectivity index (χ4v) is 2.09. The van der Waals surface area contributed by atoms with E-state index < -0.39 is 17.3 Å². The minimum absolute atomic E-state index is 0.238. The summed E-state index contributed by atoms with van der Waals surface area (Å²) in [6.45, 7) is 4.81. The maximum Gasteiger partial charge on any atom is 0.273 e. The number of hydrogen-bond donors (Lipinski definition) is 0. The average molecular weight is 244 g/mol. The Morgan fingerprint density at radius 1 is 1.24 bits per heavy atom. The number of hydrogen-bond acceptors (Lipinski definition) is 0. The Morgan fingerprint density at radius 3 is 2.35 bits per heavy atom. The second-order valence-electron chi connectivity index (χ2n) is 4.52. The summed E-state index contributed by atoms with van der Waals surface area (Å²) >= 11 is 0. The largest absolute Gasteiger partial charge is 0.273 e. The number of halogens is 3. The van der Waals surface area contributed by atoms with Gasteiger partial charge in [-0.2, -0.15) is 0 Å². The molecular formula is C14H19F3. The van der Waals surface area contributed by atoms with Gasteiger partial charge in [-0.3, -0.25) is 0 Å². The van der Waals surface area contributed by atoms with E-state index in [1.165, 1.54) is 6.07 Å². The van der Waals surface area contributed by atoms with Crippen LogP contribution in [0.1, 0.15) is 57.1 Å². The van der Waals surface area contributed by atoms with Crippen molar-refractivity contribution >= 4 is 0 Å². The Hall–Kier alpha value is -0.990. The average Bonchev–Trinajstić information content (AvgIpc) is 2.25. The Bertz CT molecular complexity index is 366. The minimum atomic E-state index is -3.12. The highest BCUT2D eigenvalue weighted by atomic mass is 19.3. The summed E-state index contributed by atoms with van der Waals surface area (Å²) in [5, 5.41) is 0. The second-order valence-corrected chi connectivity index (χ2v) is 4.52. The van der Waals surface area contributed by atoms with E-state index in [9.17, 15) is 13.2 Å². The minimum Gasteiger partial charge on any atom is -0.206 e. The summed E-state index contributed by atoms with van der Waals surface area (Å²) < 4.78 is 39.8. The summed E-state index contributed by atoms with van der Waals surface area (Å²) in [7, 11) is 0. The highest BCUT2D eigenvalue weighted by molar-refractivity contribution is 5.30. The van der Waals surface area contributed by atoms with E-state index in [0.717, 1.165) is 37.8 Å². The summed E-state index contributed by atoms with van der Waals surface area (Å²) in [6, 6.07) is 4.09. The number of rotatable bonds is 5. The van der Waals surface area contributed by atoms with Gasteiger partial charge in [0.2, 0.25) is 0 Å². The van der Waals surface area contributed by atoms with Crippen molar-refractivity contribution in [3.05, 3.63) is 35.1 Å². The van der Waals surface area contributed by atoms with Gasteiger partial charge >= 0.3 is 0 Å². The maximum atomic E-state index is 13.3. The number of benzene rings is 1. The standard InChI is InChI=1S/C14H19F3/c1-4-6-10(5-2)11-7-8-13(15)12(9-11)14(3,16)17/h7-10H,4-6H2,1-3H3. The lowest BCUT2D eigenvalue weighted by Gasteiger charge is -2.18. The predicted octanol–water partition coefficient (Wildman–Crippen LogP) is 5.23. The van der Waals surface area contributed by atoms with E-state index in [4.69, 9.17) is 0 Å². The molecule has 0 fully saturated rings. The molecule has 3 heteroatoms. The van der Waals surface area contributed by atoms with Gasteiger partial charge in [-0.25, -0.2) is 13.2 Å². The molecule has 0 bridgehead atoms. The molecular weight excluding hydrogens is 225 g/mol. The van der Waals surface area contributed by atoms with Crippen LogP contribution in [0.25, 0.3) is 0 Å². The summed E-state index contributed by atoms with van der Waals surface area (Å²) in [4.78, 5) is 0. The van der Waals surface area contributed by atoms with Gasteiger partial charge in [-0.1, -0.05) is 26.3 Å². The molecule has 0 radical (unpaired) electrons. The molecule has 1 unspecified atom stereocenters. The zero-order valence-electron chi connectivity index (χ0n) is 10.6. The topological polar surface area (TPSA) is 0 Å². The Labute approximate surface area is 101 Å². The van der Waals surface area contributed by atoms with E-state index in [2.05, 4.69) is 6.92 Å². The molecule has 0 aliphatic carbocycles. The third-order valence-corrected chi connectivity index (χ3v) is 3.06. The first-order chi connectivity index (χ1) is 7.90. The van der Waals surface area contributed by atoms with Gasteiger partial charge in [0.25, 0.3) is 5.92 Å². The second kappa shape index (κ2) is 5.56. The Balaban J connectivity index is 3.11. The zero-order chi connectivity index (χ0) is 13.1. The first kappa shape index (κ1) is 14.1. The molecule has 0 aromatic heterocycles. The molecule has 0 aliphatic rings. The van der Waals surface area contributed by atoms with E-state index in [-0.39, 0.29) is 5.92 Å². The molecule has 1 aromatic carbocycles. The zero-order valence-corrected chi connectivity index (χ0v) is 10.6. The van der Waals surface area contributed by atoms with Crippen molar-refractivity contribution < 1.29 is 13.2 Å². The normalized spacial score (nSPS) is 13.8. The summed E-state index contributed by atoms with van der Waals surface area (Å²) in [5.41, 5.74) is 0.317. The van der Waals surface area contributed by atoms with Crippen LogP contribution in [-0.2, 0) is 5.92 Å². The smallest absolute Gasteiger partial charge is 0.206 e. The van der Waals surface area contributed by atoms with Gasteiger partial charge < -0.3 is 0 Å². The van der Waals surface area contributed by atoms with Crippen molar-refractivity contribution in [2.45, 2.75) is 51.9 Å². The molecule has 0 saturated carbocycles. The van der Waals surface area contributed by atoms with Crippen LogP contribution in [0.3, 0.4) is 0 Å². The third kappa shape index (κ3) is 3.48. The third-order valence-electron chi connectivity index (χ3n) is 3.06. The molecule has 0 heterocycles. The predicted molar refractivity (Wildman–Crippen MR) is 63.9 cm³/mol. The molecule has 1 rings (SSSR count). The van der Waals surface area contributed by atoms with Gasteiger partial charge in [0.15, 0.2) is 0 Å². The van der Waals surface area contributed by atoms with E-state index in [0.29, 0.717) is 0 Å². The monoisotopic (exact) mass is 244 g/mol. The lowest BCUT2D eigenvalue weighted by Crippen LogP contribution is -2.11. The maximum absolute atomic E-state index is 13.3. The molecule has 1 aromatic rings. The Kier molecular flexibility index (Phi) is 4.61. The highest BCUT2D eigenvalue weighted by Gasteiger charge is 2.29. The van der Waals surface area contributed by atoms with Crippen molar-refractivity contribution in [3.8, 4) is 0 Å². The molecule has 17 heavy (non-hydrogen) atoms. The fourth-order valence-electron chi connectivity index (χ4n) is 2.09. The van der Waals surface area contributed by atoms with Crippen LogP contribution in [0.2, 0.25) is 0 Å². The molecule has 0 aliphatic heterocycles. The van der Waals surface area contributed by atoms with Gasteiger partial charge in [-0.05, 0) is 36.5 Å². The molecule has 0 saturated heterocycles. The first-order valence-corrected chi connectivity index (χ1v) is 6.07. The Morgan fingerprint density at radius 2 is 1.88 bits per heavy atom. The van der Waals surface area contributed by atoms with Crippen molar-refractivity contribution in [3.63, 3.8) is 0 Å². The molecule has 1 atom stereocenters. The van der Waals surface area contributed by atoms with Gasteiger partial charge in [0.05, 0.1) is 5.56 Å². The van der Waals surface area contributed by atoms with Crippen LogP contribution in [-0.4, -0.2) is 0 Å². The van der Waals surface area contributed by atoms with Crippen LogP contribution in [0.15, 0.2) is 18.2 Å². The quantitative estimate of drug-likeness (QED) is 0.665. The van der Waals surface area contributed by atoms with Crippen LogP contribution < -0.4 is 0 Å². The van der Waals surface area contributed by atoms with Crippen molar-refractivity contribution in [1.29, 1.82) is 0 Å². The SMILES string of the molecule is CCCC(CC)c1ccc(F)c(C(C)(F)F)c1. The van der Waals surface area contributed by atoms with Crippen molar-refractivity contribution in [1.82, 2.24) is 0 Å². The molecule has 96 valence electrons. The van der Waals surface area contributed by atoms with E-state index >= 15 is 0 Å². The van der Waals surface area contributed by atoms with Crippen LogP contribution in [0, 0.1) is 5.82 Å². The van der Waals surface area contributed by atoms with Crippen molar-refractivity contribution in [2.75, 3.05) is 0 Å². The first-order valence-electron chi connectivity index (χ1n) is 6.07. The summed E-state index contributed by atoms with van der Waals surface area (Å²) in [5.74, 6) is -3.71. The van der Waals surface area contributed by atoms with Crippen LogP contribution >= 0.6 is 0 Å². The van der Waals surface area contributed by atoms with Crippen LogP contribution in [0.4, 0.5) is 13.2 Å². The molecule has 0 N–H and O–H groups in total. The van der Waals surface area contributed by atoms with Crippen LogP contribution in [0.5, 0.6) is 0 Å². The van der Waals surface area contributed by atoms with Crippen molar-refractivity contribution in [2.24, 2.45) is 0 Å². The number of alkyl halides is 2. The molecule has 0 spiro atoms. The van der Waals surface area contributed by atoms with Gasteiger partial charge in [-0.15, -0.1) is 0 Å². The highest BCUT2D eigenvalue weighted by Crippen LogP contribution is 2.33. The fraction of sp³-hybridized carbons (Fsp3) is 0.571. The lowest BCUT2D eigenvalue weighted by atomic mass is 9.90. The van der Waals surface area contributed by atoms with E-state index in [1.807, 2.05) is 6.92 Å². The summed E-state index contributed by atoms with van der Waals surface area (Å²) in [6.07, 6.45) is 2.82.